The van der Waals surface area contributed by atoms with E-state index in [0.717, 1.165) is 3.57 Å². The second kappa shape index (κ2) is 7.60. The Morgan fingerprint density at radius 1 is 1.32 bits per heavy atom. The van der Waals surface area contributed by atoms with E-state index < -0.39 is 10.0 Å². The van der Waals surface area contributed by atoms with Gasteiger partial charge < -0.3 is 10.1 Å². The molecule has 1 amide bonds. The molecule has 0 aromatic heterocycles. The molecule has 0 unspecified atom stereocenters. The Balaban J connectivity index is 1.73. The van der Waals surface area contributed by atoms with Crippen molar-refractivity contribution in [3.63, 3.8) is 0 Å². The quantitative estimate of drug-likeness (QED) is 0.702. The first-order chi connectivity index (χ1) is 10.3. The molecule has 1 aromatic rings. The number of carbonyl (C=O) groups is 1. The maximum Gasteiger partial charge on any atom is 0.258 e. The molecule has 1 heterocycles. The van der Waals surface area contributed by atoms with Gasteiger partial charge in [0.25, 0.3) is 5.91 Å². The molecule has 0 saturated carbocycles. The summed E-state index contributed by atoms with van der Waals surface area (Å²) in [5.41, 5.74) is 0. The number of hydrogen-bond donors (Lipinski definition) is 1. The number of nitrogens with zero attached hydrogens (tertiary/aromatic N) is 1. The van der Waals surface area contributed by atoms with Gasteiger partial charge in [0.15, 0.2) is 6.61 Å². The second-order valence-electron chi connectivity index (χ2n) is 5.25. The molecule has 122 valence electrons. The third kappa shape index (κ3) is 5.40. The van der Waals surface area contributed by atoms with E-state index in [0.29, 0.717) is 31.7 Å². The molecule has 1 N–H and O–H groups in total. The normalized spacial score (nSPS) is 17.2. The van der Waals surface area contributed by atoms with E-state index in [9.17, 15) is 13.2 Å². The molecular weight excluding hydrogens is 419 g/mol. The number of halogens is 1. The summed E-state index contributed by atoms with van der Waals surface area (Å²) in [4.78, 5) is 11.9. The van der Waals surface area contributed by atoms with Crippen molar-refractivity contribution in [1.82, 2.24) is 9.62 Å². The van der Waals surface area contributed by atoms with Crippen LogP contribution in [0.25, 0.3) is 0 Å². The molecule has 8 heteroatoms. The van der Waals surface area contributed by atoms with Crippen molar-refractivity contribution < 1.29 is 17.9 Å². The van der Waals surface area contributed by atoms with Crippen molar-refractivity contribution in [2.24, 2.45) is 0 Å². The lowest BCUT2D eigenvalue weighted by molar-refractivity contribution is -0.124. The molecule has 6 nitrogen and oxygen atoms in total. The van der Waals surface area contributed by atoms with Crippen LogP contribution in [0.1, 0.15) is 12.8 Å². The third-order valence-electron chi connectivity index (χ3n) is 3.47. The van der Waals surface area contributed by atoms with Crippen LogP contribution in [0.3, 0.4) is 0 Å². The number of nitrogens with one attached hydrogen (secondary N) is 1. The van der Waals surface area contributed by atoms with Crippen LogP contribution in [0.15, 0.2) is 24.3 Å². The summed E-state index contributed by atoms with van der Waals surface area (Å²) < 4.78 is 30.8. The zero-order valence-electron chi connectivity index (χ0n) is 12.3. The number of ether oxygens (including phenoxy) is 1. The summed E-state index contributed by atoms with van der Waals surface area (Å²) in [6.07, 6.45) is 2.46. The largest absolute Gasteiger partial charge is 0.484 e. The van der Waals surface area contributed by atoms with Gasteiger partial charge in [-0.15, -0.1) is 0 Å². The van der Waals surface area contributed by atoms with E-state index in [4.69, 9.17) is 4.74 Å². The number of hydrogen-bond acceptors (Lipinski definition) is 4. The maximum atomic E-state index is 11.9. The fraction of sp³-hybridized carbons (Fsp3) is 0.500. The molecule has 1 aliphatic heterocycles. The van der Waals surface area contributed by atoms with E-state index >= 15 is 0 Å². The number of piperidine rings is 1. The first kappa shape index (κ1) is 17.5. The van der Waals surface area contributed by atoms with Gasteiger partial charge in [0.2, 0.25) is 10.0 Å². The van der Waals surface area contributed by atoms with Crippen LogP contribution >= 0.6 is 22.6 Å². The number of sulfonamides is 1. The molecule has 1 aromatic carbocycles. The van der Waals surface area contributed by atoms with E-state index in [-0.39, 0.29) is 18.6 Å². The molecule has 22 heavy (non-hydrogen) atoms. The highest BCUT2D eigenvalue weighted by Crippen LogP contribution is 2.14. The Hall–Kier alpha value is -0.870. The van der Waals surface area contributed by atoms with E-state index in [1.807, 2.05) is 24.3 Å². The summed E-state index contributed by atoms with van der Waals surface area (Å²) >= 11 is 2.20. The lowest BCUT2D eigenvalue weighted by atomic mass is 10.1. The Kier molecular flexibility index (Phi) is 6.04. The number of benzene rings is 1. The van der Waals surface area contributed by atoms with Gasteiger partial charge in [-0.25, -0.2) is 12.7 Å². The smallest absolute Gasteiger partial charge is 0.258 e. The lowest BCUT2D eigenvalue weighted by Crippen LogP contribution is -2.47. The average Bonchev–Trinajstić information content (AvgIpc) is 2.46. The van der Waals surface area contributed by atoms with Crippen LogP contribution in [0.4, 0.5) is 0 Å². The fourth-order valence-corrected chi connectivity index (χ4v) is 3.51. The van der Waals surface area contributed by atoms with Crippen LogP contribution in [0, 0.1) is 3.57 Å². The van der Waals surface area contributed by atoms with Crippen molar-refractivity contribution in [1.29, 1.82) is 0 Å². The predicted octanol–water partition coefficient (Wildman–Crippen LogP) is 1.21. The Morgan fingerprint density at radius 2 is 1.91 bits per heavy atom. The van der Waals surface area contributed by atoms with Gasteiger partial charge in [0.1, 0.15) is 5.75 Å². The van der Waals surface area contributed by atoms with Gasteiger partial charge in [-0.05, 0) is 59.7 Å². The molecule has 0 radical (unpaired) electrons. The van der Waals surface area contributed by atoms with Crippen LogP contribution in [-0.2, 0) is 14.8 Å². The fourth-order valence-electron chi connectivity index (χ4n) is 2.28. The minimum absolute atomic E-state index is 0.00539. The zero-order chi connectivity index (χ0) is 16.2. The Morgan fingerprint density at radius 3 is 2.45 bits per heavy atom. The van der Waals surface area contributed by atoms with Gasteiger partial charge in [-0.3, -0.25) is 4.79 Å². The topological polar surface area (TPSA) is 75.7 Å². The number of rotatable bonds is 5. The highest BCUT2D eigenvalue weighted by atomic mass is 127. The molecular formula is C14H19IN2O4S. The monoisotopic (exact) mass is 438 g/mol. The van der Waals surface area contributed by atoms with Crippen molar-refractivity contribution in [2.45, 2.75) is 18.9 Å². The van der Waals surface area contributed by atoms with Gasteiger partial charge in [-0.2, -0.15) is 0 Å². The summed E-state index contributed by atoms with van der Waals surface area (Å²) in [6, 6.07) is 7.47. The van der Waals surface area contributed by atoms with Crippen LogP contribution in [0.2, 0.25) is 0 Å². The summed E-state index contributed by atoms with van der Waals surface area (Å²) in [6.45, 7) is 0.858. The predicted molar refractivity (Wildman–Crippen MR) is 92.2 cm³/mol. The summed E-state index contributed by atoms with van der Waals surface area (Å²) in [5.74, 6) is 0.471. The van der Waals surface area contributed by atoms with Gasteiger partial charge >= 0.3 is 0 Å². The molecule has 0 spiro atoms. The minimum Gasteiger partial charge on any atom is -0.484 e. The molecule has 1 aliphatic rings. The van der Waals surface area contributed by atoms with Gasteiger partial charge in [-0.1, -0.05) is 0 Å². The van der Waals surface area contributed by atoms with Crippen molar-refractivity contribution in [3.8, 4) is 5.75 Å². The molecule has 2 rings (SSSR count). The summed E-state index contributed by atoms with van der Waals surface area (Å²) in [7, 11) is -3.13. The SMILES string of the molecule is CS(=O)(=O)N1CCC(NC(=O)COc2ccc(I)cc2)CC1. The van der Waals surface area contributed by atoms with Crippen molar-refractivity contribution >= 4 is 38.5 Å². The first-order valence-electron chi connectivity index (χ1n) is 6.97. The molecule has 0 bridgehead atoms. The lowest BCUT2D eigenvalue weighted by Gasteiger charge is -2.30. The Labute approximate surface area is 144 Å². The average molecular weight is 438 g/mol. The third-order valence-corrected chi connectivity index (χ3v) is 5.49. The van der Waals surface area contributed by atoms with E-state index in [1.165, 1.54) is 10.6 Å². The second-order valence-corrected chi connectivity index (χ2v) is 8.47. The maximum absolute atomic E-state index is 11.9. The van der Waals surface area contributed by atoms with Gasteiger partial charge in [0.05, 0.1) is 6.26 Å². The first-order valence-corrected chi connectivity index (χ1v) is 9.90. The van der Waals surface area contributed by atoms with Crippen molar-refractivity contribution in [3.05, 3.63) is 27.8 Å². The highest BCUT2D eigenvalue weighted by molar-refractivity contribution is 14.1. The molecule has 0 aliphatic carbocycles. The molecule has 1 fully saturated rings. The van der Waals surface area contributed by atoms with E-state index in [2.05, 4.69) is 27.9 Å². The summed E-state index contributed by atoms with van der Waals surface area (Å²) in [5, 5.41) is 2.89. The van der Waals surface area contributed by atoms with Gasteiger partial charge in [0, 0.05) is 22.7 Å². The molecule has 1 saturated heterocycles. The standard InChI is InChI=1S/C14H19IN2O4S/c1-22(19,20)17-8-6-12(7-9-17)16-14(18)10-21-13-4-2-11(15)3-5-13/h2-5,12H,6-10H2,1H3,(H,16,18). The minimum atomic E-state index is -3.13. The van der Waals surface area contributed by atoms with Crippen LogP contribution in [0.5, 0.6) is 5.75 Å². The number of amides is 1. The Bertz CT molecular complexity index is 610. The molecule has 0 atom stereocenters. The zero-order valence-corrected chi connectivity index (χ0v) is 15.3. The van der Waals surface area contributed by atoms with Crippen LogP contribution in [-0.4, -0.2) is 50.6 Å². The highest BCUT2D eigenvalue weighted by Gasteiger charge is 2.25. The van der Waals surface area contributed by atoms with Crippen LogP contribution < -0.4 is 10.1 Å². The van der Waals surface area contributed by atoms with E-state index in [1.54, 1.807) is 0 Å². The van der Waals surface area contributed by atoms with Crippen molar-refractivity contribution in [2.75, 3.05) is 26.0 Å². The number of carbonyl (C=O) groups excluding carboxylic acids is 1.